The Labute approximate surface area is 211 Å². The Morgan fingerprint density at radius 3 is 2.44 bits per heavy atom. The Morgan fingerprint density at radius 1 is 1.03 bits per heavy atom. The van der Waals surface area contributed by atoms with E-state index in [1.165, 1.54) is 19.2 Å². The number of sulfonamides is 1. The third-order valence-corrected chi connectivity index (χ3v) is 8.56. The highest BCUT2D eigenvalue weighted by Gasteiger charge is 2.38. The Kier molecular flexibility index (Phi) is 6.79. The number of anilines is 1. The summed E-state index contributed by atoms with van der Waals surface area (Å²) in [7, 11) is -2.30. The molecule has 2 aliphatic rings. The van der Waals surface area contributed by atoms with Gasteiger partial charge < -0.3 is 14.3 Å². The van der Waals surface area contributed by atoms with E-state index in [0.29, 0.717) is 35.6 Å². The maximum atomic E-state index is 13.2. The summed E-state index contributed by atoms with van der Waals surface area (Å²) in [5.74, 6) is 1.07. The van der Waals surface area contributed by atoms with Crippen LogP contribution in [0.15, 0.2) is 62.6 Å². The zero-order chi connectivity index (χ0) is 25.3. The lowest BCUT2D eigenvalue weighted by molar-refractivity contribution is 0.382. The van der Waals surface area contributed by atoms with E-state index in [0.717, 1.165) is 49.7 Å². The molecule has 1 heterocycles. The lowest BCUT2D eigenvalue weighted by Gasteiger charge is -2.22. The van der Waals surface area contributed by atoms with E-state index in [9.17, 15) is 18.3 Å². The number of rotatable bonds is 7. The third-order valence-electron chi connectivity index (χ3n) is 7.17. The van der Waals surface area contributed by atoms with E-state index >= 15 is 0 Å². The SMILES string of the molecule is COc1ccc(S(=O)(=O)Nc2cccc(C(c3c(O)c4c(oc3=O)CCCCCC4)C3CC3)c2)cc1. The van der Waals surface area contributed by atoms with Crippen molar-refractivity contribution in [1.82, 2.24) is 0 Å². The molecule has 3 aromatic rings. The molecule has 1 fully saturated rings. The number of aryl methyl sites for hydroxylation is 1. The van der Waals surface area contributed by atoms with E-state index in [1.54, 1.807) is 30.3 Å². The highest BCUT2D eigenvalue weighted by Crippen LogP contribution is 2.49. The second-order valence-corrected chi connectivity index (χ2v) is 11.4. The number of fused-ring (bicyclic) bond motifs is 1. The molecular weight excluding hydrogens is 478 g/mol. The Morgan fingerprint density at radius 2 is 1.75 bits per heavy atom. The van der Waals surface area contributed by atoms with Crippen LogP contribution in [0.1, 0.15) is 66.9 Å². The lowest BCUT2D eigenvalue weighted by Crippen LogP contribution is -2.19. The average Bonchev–Trinajstić information content (AvgIpc) is 3.68. The van der Waals surface area contributed by atoms with E-state index in [4.69, 9.17) is 9.15 Å². The molecule has 0 aliphatic heterocycles. The van der Waals surface area contributed by atoms with Gasteiger partial charge >= 0.3 is 5.63 Å². The first-order valence-electron chi connectivity index (χ1n) is 12.5. The van der Waals surface area contributed by atoms with Crippen molar-refractivity contribution in [3.63, 3.8) is 0 Å². The summed E-state index contributed by atoms with van der Waals surface area (Å²) >= 11 is 0. The number of benzene rings is 2. The Bertz CT molecular complexity index is 1410. The molecule has 7 nitrogen and oxygen atoms in total. The van der Waals surface area contributed by atoms with Crippen molar-refractivity contribution in [3.8, 4) is 11.5 Å². The number of methoxy groups -OCH3 is 1. The lowest BCUT2D eigenvalue weighted by atomic mass is 9.85. The van der Waals surface area contributed by atoms with Crippen molar-refractivity contribution >= 4 is 15.7 Å². The van der Waals surface area contributed by atoms with E-state index < -0.39 is 15.6 Å². The monoisotopic (exact) mass is 509 g/mol. The average molecular weight is 510 g/mol. The normalized spacial score (nSPS) is 16.9. The molecule has 0 amide bonds. The first-order valence-corrected chi connectivity index (χ1v) is 14.0. The predicted molar refractivity (Wildman–Crippen MR) is 137 cm³/mol. The summed E-state index contributed by atoms with van der Waals surface area (Å²) in [5.41, 5.74) is 1.73. The highest BCUT2D eigenvalue weighted by molar-refractivity contribution is 7.92. The number of aromatic hydroxyl groups is 1. The third kappa shape index (κ3) is 5.00. The number of nitrogens with one attached hydrogen (secondary N) is 1. The van der Waals surface area contributed by atoms with Crippen molar-refractivity contribution in [1.29, 1.82) is 0 Å². The largest absolute Gasteiger partial charge is 0.507 e. The van der Waals surface area contributed by atoms with Gasteiger partial charge in [0.05, 0.1) is 17.6 Å². The van der Waals surface area contributed by atoms with Gasteiger partial charge in [-0.05, 0) is 80.0 Å². The molecule has 2 N–H and O–H groups in total. The van der Waals surface area contributed by atoms with Gasteiger partial charge in [0.15, 0.2) is 0 Å². The van der Waals surface area contributed by atoms with Gasteiger partial charge in [-0.3, -0.25) is 4.72 Å². The van der Waals surface area contributed by atoms with Crippen LogP contribution >= 0.6 is 0 Å². The molecule has 0 radical (unpaired) electrons. The number of ether oxygens (including phenoxy) is 1. The second-order valence-electron chi connectivity index (χ2n) is 9.69. The Balaban J connectivity index is 1.50. The molecule has 1 aromatic heterocycles. The van der Waals surface area contributed by atoms with Crippen LogP contribution in [0, 0.1) is 5.92 Å². The molecule has 1 saturated carbocycles. The number of hydrogen-bond acceptors (Lipinski definition) is 6. The molecule has 0 bridgehead atoms. The molecule has 190 valence electrons. The second kappa shape index (κ2) is 10.0. The molecule has 8 heteroatoms. The summed E-state index contributed by atoms with van der Waals surface area (Å²) in [4.78, 5) is 13.3. The Hall–Kier alpha value is -3.26. The molecule has 36 heavy (non-hydrogen) atoms. The predicted octanol–water partition coefficient (Wildman–Crippen LogP) is 5.36. The highest BCUT2D eigenvalue weighted by atomic mass is 32.2. The van der Waals surface area contributed by atoms with Gasteiger partial charge in [0.25, 0.3) is 10.0 Å². The summed E-state index contributed by atoms with van der Waals surface area (Å²) in [6.07, 6.45) is 7.30. The van der Waals surface area contributed by atoms with Crippen LogP contribution in [0.25, 0.3) is 0 Å². The maximum absolute atomic E-state index is 13.2. The first-order chi connectivity index (χ1) is 17.4. The van der Waals surface area contributed by atoms with Gasteiger partial charge in [-0.2, -0.15) is 0 Å². The molecule has 1 unspecified atom stereocenters. The van der Waals surface area contributed by atoms with Gasteiger partial charge in [-0.25, -0.2) is 13.2 Å². The number of hydrogen-bond donors (Lipinski definition) is 2. The summed E-state index contributed by atoms with van der Waals surface area (Å²) < 4.78 is 39.5. The van der Waals surface area contributed by atoms with Crippen LogP contribution in [0.4, 0.5) is 5.69 Å². The van der Waals surface area contributed by atoms with Crippen molar-refractivity contribution in [3.05, 3.63) is 81.4 Å². The van der Waals surface area contributed by atoms with Crippen LogP contribution in [0.2, 0.25) is 0 Å². The van der Waals surface area contributed by atoms with E-state index in [2.05, 4.69) is 4.72 Å². The molecule has 2 aromatic carbocycles. The fourth-order valence-electron chi connectivity index (χ4n) is 5.16. The van der Waals surface area contributed by atoms with E-state index in [1.807, 2.05) is 6.07 Å². The fourth-order valence-corrected chi connectivity index (χ4v) is 6.21. The maximum Gasteiger partial charge on any atom is 0.343 e. The van der Waals surface area contributed by atoms with Crippen molar-refractivity contribution in [2.75, 3.05) is 11.8 Å². The van der Waals surface area contributed by atoms with Crippen molar-refractivity contribution in [2.45, 2.75) is 62.2 Å². The molecule has 2 aliphatic carbocycles. The standard InChI is InChI=1S/C28H31NO6S/c1-34-21-13-15-22(16-14-21)36(32,33)29-20-8-6-7-19(17-20)25(18-11-12-18)26-27(30)23-9-4-2-3-5-10-24(23)35-28(26)31/h6-8,13-18,25,29-30H,2-5,9-12H2,1H3. The molecule has 0 saturated heterocycles. The summed E-state index contributed by atoms with van der Waals surface area (Å²) in [6, 6.07) is 13.2. The topological polar surface area (TPSA) is 106 Å². The van der Waals surface area contributed by atoms with Gasteiger partial charge in [-0.1, -0.05) is 25.0 Å². The van der Waals surface area contributed by atoms with Gasteiger partial charge in [0.1, 0.15) is 17.3 Å². The van der Waals surface area contributed by atoms with E-state index in [-0.39, 0.29) is 22.5 Å². The summed E-state index contributed by atoms with van der Waals surface area (Å²) in [5, 5.41) is 11.3. The first kappa shape index (κ1) is 24.4. The van der Waals surface area contributed by atoms with Crippen molar-refractivity contribution in [2.24, 2.45) is 5.92 Å². The van der Waals surface area contributed by atoms with Crippen molar-refractivity contribution < 1.29 is 22.7 Å². The van der Waals surface area contributed by atoms with Crippen LogP contribution in [-0.2, 0) is 22.9 Å². The van der Waals surface area contributed by atoms with Crippen LogP contribution < -0.4 is 15.1 Å². The molecule has 5 rings (SSSR count). The van der Waals surface area contributed by atoms with Gasteiger partial charge in [0, 0.05) is 23.6 Å². The van der Waals surface area contributed by atoms with Crippen LogP contribution in [0.3, 0.4) is 0 Å². The van der Waals surface area contributed by atoms with Gasteiger partial charge in [0.2, 0.25) is 0 Å². The smallest absolute Gasteiger partial charge is 0.343 e. The molecular formula is C28H31NO6S. The van der Waals surface area contributed by atoms with Crippen LogP contribution in [0.5, 0.6) is 11.5 Å². The summed E-state index contributed by atoms with van der Waals surface area (Å²) in [6.45, 7) is 0. The molecule has 1 atom stereocenters. The minimum absolute atomic E-state index is 0.0595. The fraction of sp³-hybridized carbons (Fsp3) is 0.393. The minimum Gasteiger partial charge on any atom is -0.507 e. The zero-order valence-electron chi connectivity index (χ0n) is 20.3. The van der Waals surface area contributed by atoms with Crippen LogP contribution in [-0.4, -0.2) is 20.6 Å². The zero-order valence-corrected chi connectivity index (χ0v) is 21.1. The quantitative estimate of drug-likeness (QED) is 0.444. The minimum atomic E-state index is -3.82. The molecule has 0 spiro atoms. The van der Waals surface area contributed by atoms with Gasteiger partial charge in [-0.15, -0.1) is 0 Å².